The minimum atomic E-state index is -1.16. The molecule has 1 aromatic heterocycles. The molecule has 4 aliphatic rings. The van der Waals surface area contributed by atoms with Gasteiger partial charge in [-0.15, -0.1) is 11.8 Å². The van der Waals surface area contributed by atoms with Gasteiger partial charge in [0.05, 0.1) is 16.9 Å². The number of amides is 2. The normalized spacial score (nSPS) is 35.6. The number of benzene rings is 1. The van der Waals surface area contributed by atoms with Crippen LogP contribution in [0.15, 0.2) is 34.1 Å². The molecular weight excluding hydrogens is 448 g/mol. The second kappa shape index (κ2) is 6.81. The van der Waals surface area contributed by atoms with Crippen molar-refractivity contribution in [2.45, 2.75) is 42.5 Å². The molecule has 166 valence electrons. The van der Waals surface area contributed by atoms with E-state index in [0.717, 1.165) is 32.4 Å². The molecule has 32 heavy (non-hydrogen) atoms. The van der Waals surface area contributed by atoms with Crippen molar-refractivity contribution in [2.24, 2.45) is 29.6 Å². The fourth-order valence-corrected chi connectivity index (χ4v) is 9.57. The van der Waals surface area contributed by atoms with Crippen LogP contribution in [0.3, 0.4) is 0 Å². The number of thiazole rings is 1. The quantitative estimate of drug-likeness (QED) is 0.668. The number of hydrogen-bond donors (Lipinski definition) is 2. The van der Waals surface area contributed by atoms with Crippen molar-refractivity contribution in [3.8, 4) is 0 Å². The van der Waals surface area contributed by atoms with E-state index in [0.29, 0.717) is 0 Å². The van der Waals surface area contributed by atoms with Crippen molar-refractivity contribution in [3.63, 3.8) is 0 Å². The lowest BCUT2D eigenvalue weighted by molar-refractivity contribution is -0.154. The molecule has 2 bridgehead atoms. The molecule has 2 N–H and O–H groups in total. The molecule has 9 heteroatoms. The second-order valence-corrected chi connectivity index (χ2v) is 11.6. The van der Waals surface area contributed by atoms with E-state index in [9.17, 15) is 24.3 Å². The smallest absolute Gasteiger partial charge is 0.326 e. The first-order valence-corrected chi connectivity index (χ1v) is 12.5. The van der Waals surface area contributed by atoms with E-state index in [1.54, 1.807) is 11.8 Å². The number of H-pyrrole nitrogens is 1. The van der Waals surface area contributed by atoms with Gasteiger partial charge in [-0.05, 0) is 43.6 Å². The largest absolute Gasteiger partial charge is 0.480 e. The molecule has 0 radical (unpaired) electrons. The third kappa shape index (κ3) is 2.55. The van der Waals surface area contributed by atoms with Gasteiger partial charge in [0.1, 0.15) is 6.04 Å². The number of fused-ring (bicyclic) bond motifs is 9. The Kier molecular flexibility index (Phi) is 4.30. The van der Waals surface area contributed by atoms with Gasteiger partial charge in [0.2, 0.25) is 11.8 Å². The number of nitrogens with zero attached hydrogens (tertiary/aromatic N) is 1. The van der Waals surface area contributed by atoms with E-state index >= 15 is 0 Å². The molecule has 7 nitrogen and oxygen atoms in total. The number of thioether (sulfide) groups is 1. The average molecular weight is 471 g/mol. The van der Waals surface area contributed by atoms with Crippen LogP contribution in [-0.2, 0) is 14.4 Å². The Balaban J connectivity index is 1.45. The summed E-state index contributed by atoms with van der Waals surface area (Å²) in [6.45, 7) is 3.44. The maximum atomic E-state index is 13.3. The summed E-state index contributed by atoms with van der Waals surface area (Å²) < 4.78 is 0. The minimum absolute atomic E-state index is 0.00148. The number of carboxylic acids is 1. The number of aryl methyl sites for hydroxylation is 1. The van der Waals surface area contributed by atoms with Gasteiger partial charge in [-0.2, -0.15) is 0 Å². The predicted octanol–water partition coefficient (Wildman–Crippen LogP) is 2.69. The van der Waals surface area contributed by atoms with Crippen molar-refractivity contribution in [1.82, 2.24) is 9.88 Å². The summed E-state index contributed by atoms with van der Waals surface area (Å²) in [7, 11) is 0. The van der Waals surface area contributed by atoms with Gasteiger partial charge in [0, 0.05) is 16.0 Å². The fraction of sp³-hybridized carbons (Fsp3) is 0.478. The number of carboxylic acid groups (broad SMARTS) is 1. The zero-order chi connectivity index (χ0) is 22.5. The lowest BCUT2D eigenvalue weighted by Crippen LogP contribution is -2.44. The Bertz CT molecular complexity index is 1220. The first-order chi connectivity index (χ1) is 15.3. The molecule has 6 rings (SSSR count). The van der Waals surface area contributed by atoms with Crippen molar-refractivity contribution in [1.29, 1.82) is 0 Å². The maximum Gasteiger partial charge on any atom is 0.326 e. The highest BCUT2D eigenvalue weighted by molar-refractivity contribution is 8.00. The molecule has 1 aromatic carbocycles. The highest BCUT2D eigenvalue weighted by atomic mass is 32.2. The Morgan fingerprint density at radius 1 is 1.12 bits per heavy atom. The molecule has 3 heterocycles. The number of likely N-dealkylation sites (tertiary alicyclic amines) is 1. The van der Waals surface area contributed by atoms with Crippen LogP contribution in [0.2, 0.25) is 0 Å². The number of aromatic nitrogens is 1. The predicted molar refractivity (Wildman–Crippen MR) is 119 cm³/mol. The summed E-state index contributed by atoms with van der Waals surface area (Å²) in [5.41, 5.74) is 2.28. The molecule has 0 spiro atoms. The summed E-state index contributed by atoms with van der Waals surface area (Å²) in [4.78, 5) is 55.3. The molecule has 2 saturated carbocycles. The van der Waals surface area contributed by atoms with E-state index in [2.05, 4.69) is 29.2 Å². The van der Waals surface area contributed by atoms with Gasteiger partial charge in [-0.1, -0.05) is 41.2 Å². The SMILES string of the molecule is Cc1ccc([C@@H]2c3sc(=O)[nH]c3S[C@@H]3[C@H]4C[C@@H]([C@@H]5C(=O)N([C@H](C)C(=O)O)C(=O)[C@H]45)[C@@H]23)cc1. The first kappa shape index (κ1) is 20.2. The number of hydrogen-bond acceptors (Lipinski definition) is 6. The van der Waals surface area contributed by atoms with Gasteiger partial charge < -0.3 is 10.1 Å². The summed E-state index contributed by atoms with van der Waals surface area (Å²) in [6.07, 6.45) is 0.798. The van der Waals surface area contributed by atoms with Crippen LogP contribution in [0.25, 0.3) is 0 Å². The molecule has 1 saturated heterocycles. The average Bonchev–Trinajstić information content (AvgIpc) is 3.47. The van der Waals surface area contributed by atoms with E-state index in [-0.39, 0.29) is 45.6 Å². The van der Waals surface area contributed by atoms with Crippen molar-refractivity contribution in [2.75, 3.05) is 0 Å². The summed E-state index contributed by atoms with van der Waals surface area (Å²) in [5, 5.41) is 10.4. The Morgan fingerprint density at radius 2 is 1.78 bits per heavy atom. The van der Waals surface area contributed by atoms with Crippen LogP contribution in [0, 0.1) is 36.5 Å². The lowest BCUT2D eigenvalue weighted by Gasteiger charge is -2.43. The topological polar surface area (TPSA) is 108 Å². The van der Waals surface area contributed by atoms with E-state index < -0.39 is 23.8 Å². The second-order valence-electron chi connectivity index (χ2n) is 9.43. The van der Waals surface area contributed by atoms with Crippen molar-refractivity contribution >= 4 is 40.9 Å². The number of carbonyl (C=O) groups excluding carboxylic acids is 2. The third-order valence-electron chi connectivity index (χ3n) is 7.94. The zero-order valence-corrected chi connectivity index (χ0v) is 19.1. The Morgan fingerprint density at radius 3 is 2.44 bits per heavy atom. The van der Waals surface area contributed by atoms with E-state index in [1.165, 1.54) is 18.3 Å². The zero-order valence-electron chi connectivity index (χ0n) is 17.5. The fourth-order valence-electron chi connectivity index (χ4n) is 6.68. The summed E-state index contributed by atoms with van der Waals surface area (Å²) in [6, 6.07) is 7.19. The van der Waals surface area contributed by atoms with Crippen molar-refractivity contribution < 1.29 is 19.5 Å². The lowest BCUT2D eigenvalue weighted by atomic mass is 9.68. The standard InChI is InChI=1S/C23H22N2O5S2/c1-8-3-5-10(6-4-8)13-14-11-7-12(17(14)31-19-18(13)32-23(30)24-19)16-15(11)20(26)25(21(16)27)9(2)22(28)29/h3-6,9,11-17H,7H2,1-2H3,(H,24,30)(H,28,29)/t9-,11-,12+,13+,14+,15+,16-,17-/m1/s1. The molecule has 2 amide bonds. The van der Waals surface area contributed by atoms with Crippen LogP contribution in [0.5, 0.6) is 0 Å². The Labute approximate surface area is 192 Å². The number of rotatable bonds is 3. The number of imide groups is 1. The van der Waals surface area contributed by atoms with Crippen LogP contribution >= 0.6 is 23.1 Å². The van der Waals surface area contributed by atoms with Gasteiger partial charge in [-0.3, -0.25) is 19.3 Å². The number of aromatic amines is 1. The van der Waals surface area contributed by atoms with Crippen LogP contribution in [-0.4, -0.2) is 44.1 Å². The van der Waals surface area contributed by atoms with Gasteiger partial charge in [0.15, 0.2) is 0 Å². The van der Waals surface area contributed by atoms with E-state index in [4.69, 9.17) is 0 Å². The van der Waals surface area contributed by atoms with Gasteiger partial charge in [-0.25, -0.2) is 4.79 Å². The third-order valence-corrected chi connectivity index (χ3v) is 10.5. The number of aliphatic carboxylic acids is 1. The van der Waals surface area contributed by atoms with Gasteiger partial charge >= 0.3 is 10.8 Å². The van der Waals surface area contributed by atoms with Crippen LogP contribution < -0.4 is 4.87 Å². The highest BCUT2D eigenvalue weighted by Crippen LogP contribution is 2.68. The van der Waals surface area contributed by atoms with Crippen LogP contribution in [0.1, 0.15) is 35.3 Å². The van der Waals surface area contributed by atoms with Crippen LogP contribution in [0.4, 0.5) is 0 Å². The molecule has 2 aromatic rings. The van der Waals surface area contributed by atoms with Gasteiger partial charge in [0.25, 0.3) is 0 Å². The van der Waals surface area contributed by atoms with Crippen molar-refractivity contribution in [3.05, 3.63) is 49.9 Å². The molecule has 3 fully saturated rings. The summed E-state index contributed by atoms with van der Waals surface area (Å²) in [5.74, 6) is -2.61. The number of nitrogens with one attached hydrogen (secondary N) is 1. The molecular formula is C23H22N2O5S2. The molecule has 2 aliphatic heterocycles. The monoisotopic (exact) mass is 470 g/mol. The minimum Gasteiger partial charge on any atom is -0.480 e. The van der Waals surface area contributed by atoms with E-state index in [1.807, 2.05) is 6.92 Å². The number of carbonyl (C=O) groups is 3. The molecule has 0 unspecified atom stereocenters. The summed E-state index contributed by atoms with van der Waals surface area (Å²) >= 11 is 2.88. The maximum absolute atomic E-state index is 13.3. The highest BCUT2D eigenvalue weighted by Gasteiger charge is 2.70. The molecule has 2 aliphatic carbocycles. The first-order valence-electron chi connectivity index (χ1n) is 10.8. The Hall–Kier alpha value is -2.39. The molecule has 8 atom stereocenters.